The highest BCUT2D eigenvalue weighted by atomic mass is 32.1. The number of thiophene rings is 1. The summed E-state index contributed by atoms with van der Waals surface area (Å²) in [4.78, 5) is 11.3. The summed E-state index contributed by atoms with van der Waals surface area (Å²) in [5.74, 6) is 7.35. The van der Waals surface area contributed by atoms with E-state index in [2.05, 4.69) is 61.4 Å². The summed E-state index contributed by atoms with van der Waals surface area (Å²) < 4.78 is 0. The van der Waals surface area contributed by atoms with Gasteiger partial charge in [0.2, 0.25) is 0 Å². The Labute approximate surface area is 130 Å². The van der Waals surface area contributed by atoms with Gasteiger partial charge in [0.1, 0.15) is 18.0 Å². The lowest BCUT2D eigenvalue weighted by molar-refractivity contribution is 0.818. The van der Waals surface area contributed by atoms with Crippen LogP contribution in [-0.4, -0.2) is 9.97 Å². The van der Waals surface area contributed by atoms with E-state index in [0.717, 1.165) is 11.4 Å². The summed E-state index contributed by atoms with van der Waals surface area (Å²) in [6.45, 7) is 10.6. The van der Waals surface area contributed by atoms with E-state index < -0.39 is 0 Å². The van der Waals surface area contributed by atoms with Crippen LogP contribution >= 0.6 is 11.3 Å². The number of anilines is 2. The predicted molar refractivity (Wildman–Crippen MR) is 89.8 cm³/mol. The van der Waals surface area contributed by atoms with Crippen molar-refractivity contribution in [1.29, 1.82) is 0 Å². The molecule has 0 saturated heterocycles. The minimum atomic E-state index is 0.188. The molecule has 5 nitrogen and oxygen atoms in total. The molecule has 2 aromatic heterocycles. The van der Waals surface area contributed by atoms with Gasteiger partial charge < -0.3 is 10.7 Å². The van der Waals surface area contributed by atoms with Crippen LogP contribution in [0.5, 0.6) is 0 Å². The molecule has 4 N–H and O–H groups in total. The first-order valence-electron chi connectivity index (χ1n) is 7.09. The van der Waals surface area contributed by atoms with Crippen LogP contribution < -0.4 is 16.6 Å². The van der Waals surface area contributed by atoms with E-state index >= 15 is 0 Å². The van der Waals surface area contributed by atoms with Gasteiger partial charge in [-0.2, -0.15) is 0 Å². The van der Waals surface area contributed by atoms with Crippen molar-refractivity contribution in [1.82, 2.24) is 9.97 Å². The van der Waals surface area contributed by atoms with E-state index in [1.54, 1.807) is 0 Å². The van der Waals surface area contributed by atoms with E-state index in [1.165, 1.54) is 21.6 Å². The van der Waals surface area contributed by atoms with Crippen LogP contribution in [0.25, 0.3) is 0 Å². The average molecular weight is 305 g/mol. The zero-order chi connectivity index (χ0) is 15.6. The number of nitrogen functional groups attached to an aromatic ring is 1. The van der Waals surface area contributed by atoms with Gasteiger partial charge in [-0.3, -0.25) is 0 Å². The number of hydrazine groups is 1. The van der Waals surface area contributed by atoms with Gasteiger partial charge in [0.25, 0.3) is 0 Å². The Balaban J connectivity index is 2.33. The summed E-state index contributed by atoms with van der Waals surface area (Å²) >= 11 is 1.82. The number of hydrogen-bond acceptors (Lipinski definition) is 6. The second-order valence-corrected chi connectivity index (χ2v) is 6.98. The molecule has 2 rings (SSSR count). The van der Waals surface area contributed by atoms with Crippen LogP contribution in [0.2, 0.25) is 0 Å². The van der Waals surface area contributed by atoms with Crippen molar-refractivity contribution in [2.24, 2.45) is 5.84 Å². The van der Waals surface area contributed by atoms with Gasteiger partial charge in [0, 0.05) is 15.3 Å². The standard InChI is InChI=1S/C15H23N5S/c1-8(2)13-14(17-7-18-15(13)20-16)19-10(4)12-6-9(3)21-11(12)5/h6-8,10H,16H2,1-5H3,(H2,17,18,19,20). The van der Waals surface area contributed by atoms with Crippen LogP contribution in [-0.2, 0) is 0 Å². The first kappa shape index (κ1) is 15.7. The van der Waals surface area contributed by atoms with Gasteiger partial charge in [-0.25, -0.2) is 15.8 Å². The normalized spacial score (nSPS) is 12.5. The molecule has 0 aliphatic carbocycles. The molecule has 0 spiro atoms. The maximum absolute atomic E-state index is 5.56. The molecule has 0 bridgehead atoms. The second-order valence-electron chi connectivity index (χ2n) is 5.52. The van der Waals surface area contributed by atoms with Crippen molar-refractivity contribution in [2.45, 2.75) is 46.6 Å². The van der Waals surface area contributed by atoms with Crippen molar-refractivity contribution in [3.63, 3.8) is 0 Å². The molecule has 2 aromatic rings. The van der Waals surface area contributed by atoms with Crippen LogP contribution in [0.4, 0.5) is 11.6 Å². The Kier molecular flexibility index (Phi) is 4.80. The van der Waals surface area contributed by atoms with Crippen LogP contribution in [0.3, 0.4) is 0 Å². The smallest absolute Gasteiger partial charge is 0.148 e. The van der Waals surface area contributed by atoms with Crippen LogP contribution in [0, 0.1) is 13.8 Å². The quantitative estimate of drug-likeness (QED) is 0.579. The lowest BCUT2D eigenvalue weighted by Gasteiger charge is -2.20. The summed E-state index contributed by atoms with van der Waals surface area (Å²) in [7, 11) is 0. The zero-order valence-electron chi connectivity index (χ0n) is 13.2. The van der Waals surface area contributed by atoms with Crippen molar-refractivity contribution < 1.29 is 0 Å². The van der Waals surface area contributed by atoms with Crippen molar-refractivity contribution >= 4 is 23.0 Å². The monoisotopic (exact) mass is 305 g/mol. The highest BCUT2D eigenvalue weighted by molar-refractivity contribution is 7.12. The number of hydrogen-bond donors (Lipinski definition) is 3. The minimum absolute atomic E-state index is 0.188. The van der Waals surface area contributed by atoms with Crippen LogP contribution in [0.15, 0.2) is 12.4 Å². The second kappa shape index (κ2) is 6.41. The van der Waals surface area contributed by atoms with Gasteiger partial charge in [-0.05, 0) is 38.3 Å². The van der Waals surface area contributed by atoms with Crippen molar-refractivity contribution in [3.8, 4) is 0 Å². The third-order valence-electron chi connectivity index (χ3n) is 3.50. The Morgan fingerprint density at radius 2 is 1.81 bits per heavy atom. The maximum Gasteiger partial charge on any atom is 0.148 e. The Morgan fingerprint density at radius 1 is 1.14 bits per heavy atom. The lowest BCUT2D eigenvalue weighted by atomic mass is 10.0. The molecule has 0 fully saturated rings. The number of nitrogens with two attached hydrogens (primary N) is 1. The van der Waals surface area contributed by atoms with E-state index in [9.17, 15) is 0 Å². The van der Waals surface area contributed by atoms with E-state index in [0.29, 0.717) is 5.82 Å². The third kappa shape index (κ3) is 3.33. The SMILES string of the molecule is Cc1cc(C(C)Nc2ncnc(NN)c2C(C)C)c(C)s1. The van der Waals surface area contributed by atoms with Gasteiger partial charge in [-0.15, -0.1) is 11.3 Å². The third-order valence-corrected chi connectivity index (χ3v) is 4.48. The molecule has 0 radical (unpaired) electrons. The fraction of sp³-hybridized carbons (Fsp3) is 0.467. The number of aromatic nitrogens is 2. The Hall–Kier alpha value is -1.66. The first-order valence-corrected chi connectivity index (χ1v) is 7.90. The minimum Gasteiger partial charge on any atom is -0.363 e. The summed E-state index contributed by atoms with van der Waals surface area (Å²) in [5.41, 5.74) is 4.98. The molecular formula is C15H23N5S. The number of nitrogens with zero attached hydrogens (tertiary/aromatic N) is 2. The fourth-order valence-electron chi connectivity index (χ4n) is 2.54. The molecular weight excluding hydrogens is 282 g/mol. The van der Waals surface area contributed by atoms with E-state index in [-0.39, 0.29) is 12.0 Å². The average Bonchev–Trinajstić information content (AvgIpc) is 2.77. The lowest BCUT2D eigenvalue weighted by Crippen LogP contribution is -2.16. The number of aryl methyl sites for hydroxylation is 2. The fourth-order valence-corrected chi connectivity index (χ4v) is 3.56. The molecule has 0 amide bonds. The molecule has 1 atom stereocenters. The number of rotatable bonds is 5. The van der Waals surface area contributed by atoms with E-state index in [4.69, 9.17) is 5.84 Å². The Bertz CT molecular complexity index is 621. The summed E-state index contributed by atoms with van der Waals surface area (Å²) in [6.07, 6.45) is 1.53. The highest BCUT2D eigenvalue weighted by Crippen LogP contribution is 2.32. The topological polar surface area (TPSA) is 75.9 Å². The maximum atomic E-state index is 5.56. The predicted octanol–water partition coefficient (Wildman–Crippen LogP) is 3.74. The molecule has 0 saturated carbocycles. The molecule has 21 heavy (non-hydrogen) atoms. The molecule has 0 aliphatic heterocycles. The molecule has 6 heteroatoms. The summed E-state index contributed by atoms with van der Waals surface area (Å²) in [6, 6.07) is 2.42. The molecule has 114 valence electrons. The van der Waals surface area contributed by atoms with Gasteiger partial charge in [0.15, 0.2) is 0 Å². The zero-order valence-corrected chi connectivity index (χ0v) is 14.0. The van der Waals surface area contributed by atoms with Gasteiger partial charge in [0.05, 0.1) is 6.04 Å². The first-order chi connectivity index (χ1) is 9.93. The summed E-state index contributed by atoms with van der Waals surface area (Å²) in [5, 5.41) is 3.50. The van der Waals surface area contributed by atoms with E-state index in [1.807, 2.05) is 11.3 Å². The van der Waals surface area contributed by atoms with Crippen molar-refractivity contribution in [3.05, 3.63) is 33.3 Å². The van der Waals surface area contributed by atoms with Crippen molar-refractivity contribution in [2.75, 3.05) is 10.7 Å². The van der Waals surface area contributed by atoms with Gasteiger partial charge >= 0.3 is 0 Å². The van der Waals surface area contributed by atoms with Crippen LogP contribution in [0.1, 0.15) is 53.6 Å². The van der Waals surface area contributed by atoms with Gasteiger partial charge in [-0.1, -0.05) is 13.8 Å². The number of nitrogens with one attached hydrogen (secondary N) is 2. The molecule has 0 aromatic carbocycles. The molecule has 1 unspecified atom stereocenters. The Morgan fingerprint density at radius 3 is 2.33 bits per heavy atom. The highest BCUT2D eigenvalue weighted by Gasteiger charge is 2.18. The molecule has 2 heterocycles. The molecule has 0 aliphatic rings. The largest absolute Gasteiger partial charge is 0.363 e.